The van der Waals surface area contributed by atoms with Gasteiger partial charge in [0, 0.05) is 36.9 Å². The van der Waals surface area contributed by atoms with Gasteiger partial charge in [0.25, 0.3) is 0 Å². The number of hydrogen-bond donors (Lipinski definition) is 0. The molecule has 0 unspecified atom stereocenters. The molecule has 0 N–H and O–H groups in total. The van der Waals surface area contributed by atoms with Crippen LogP contribution in [0.4, 0.5) is 0 Å². The molecule has 1 fully saturated rings. The maximum atomic E-state index is 12.8. The Kier molecular flexibility index (Phi) is 4.33. The van der Waals surface area contributed by atoms with Crippen molar-refractivity contribution in [3.8, 4) is 5.69 Å². The molecule has 6 heteroatoms. The lowest BCUT2D eigenvalue weighted by Gasteiger charge is -2.46. The topological polar surface area (TPSA) is 41.4 Å². The molecule has 1 aromatic carbocycles. The summed E-state index contributed by atoms with van der Waals surface area (Å²) >= 11 is 1.66. The Morgan fingerprint density at radius 3 is 2.79 bits per heavy atom. The quantitative estimate of drug-likeness (QED) is 0.671. The number of hydrogen-bond acceptors (Lipinski definition) is 4. The van der Waals surface area contributed by atoms with Gasteiger partial charge in [-0.1, -0.05) is 24.3 Å². The van der Waals surface area contributed by atoms with Crippen LogP contribution in [0.1, 0.15) is 29.1 Å². The maximum Gasteiger partial charge on any atom is 0.227 e. The summed E-state index contributed by atoms with van der Waals surface area (Å²) in [6.07, 6.45) is 6.31. The summed E-state index contributed by atoms with van der Waals surface area (Å²) in [7, 11) is 2.20. The van der Waals surface area contributed by atoms with E-state index in [1.807, 2.05) is 28.6 Å². The Balaban J connectivity index is 1.41. The second-order valence-corrected chi connectivity index (χ2v) is 8.81. The van der Waals surface area contributed by atoms with Crippen LogP contribution in [0.3, 0.4) is 0 Å². The molecule has 1 amide bonds. The zero-order chi connectivity index (χ0) is 19.1. The molecule has 0 aliphatic carbocycles. The minimum atomic E-state index is -0.137. The van der Waals surface area contributed by atoms with Crippen molar-refractivity contribution in [2.24, 2.45) is 0 Å². The molecule has 5 nitrogen and oxygen atoms in total. The summed E-state index contributed by atoms with van der Waals surface area (Å²) in [6.45, 7) is 2.44. The third-order valence-corrected chi connectivity index (χ3v) is 7.17. The van der Waals surface area contributed by atoms with E-state index in [2.05, 4.69) is 47.0 Å². The van der Waals surface area contributed by atoms with Gasteiger partial charge in [0.15, 0.2) is 0 Å². The summed E-state index contributed by atoms with van der Waals surface area (Å²) in [5.74, 6) is 1.34. The molecule has 28 heavy (non-hydrogen) atoms. The molecule has 0 bridgehead atoms. The largest absolute Gasteiger partial charge is 0.342 e. The van der Waals surface area contributed by atoms with Crippen molar-refractivity contribution in [2.45, 2.75) is 31.3 Å². The number of carbonyl (C=O) groups is 1. The van der Waals surface area contributed by atoms with Crippen LogP contribution in [-0.2, 0) is 23.3 Å². The maximum absolute atomic E-state index is 12.8. The number of para-hydroxylation sites is 1. The van der Waals surface area contributed by atoms with E-state index >= 15 is 0 Å². The highest BCUT2D eigenvalue weighted by Crippen LogP contribution is 2.41. The number of rotatable bonds is 2. The fraction of sp³-hybridized carbons (Fsp3) is 0.364. The van der Waals surface area contributed by atoms with Crippen molar-refractivity contribution in [1.29, 1.82) is 0 Å². The summed E-state index contributed by atoms with van der Waals surface area (Å²) in [6, 6.07) is 12.6. The molecular weight excluding hydrogens is 368 g/mol. The highest BCUT2D eigenvalue weighted by Gasteiger charge is 2.45. The molecule has 1 saturated heterocycles. The number of aromatic nitrogens is 2. The van der Waals surface area contributed by atoms with Crippen molar-refractivity contribution < 1.29 is 4.79 Å². The molecule has 0 radical (unpaired) electrons. The van der Waals surface area contributed by atoms with Gasteiger partial charge in [-0.2, -0.15) is 0 Å². The van der Waals surface area contributed by atoms with Gasteiger partial charge in [0.05, 0.1) is 17.6 Å². The molecule has 4 heterocycles. The number of amides is 1. The van der Waals surface area contributed by atoms with E-state index in [-0.39, 0.29) is 11.4 Å². The van der Waals surface area contributed by atoms with Crippen LogP contribution >= 0.6 is 11.3 Å². The number of likely N-dealkylation sites (tertiary alicyclic amines) is 1. The number of thiophene rings is 1. The highest BCUT2D eigenvalue weighted by atomic mass is 32.1. The minimum absolute atomic E-state index is 0.137. The van der Waals surface area contributed by atoms with Gasteiger partial charge in [-0.15, -0.1) is 11.3 Å². The monoisotopic (exact) mass is 392 g/mol. The Morgan fingerprint density at radius 1 is 1.18 bits per heavy atom. The fourth-order valence-electron chi connectivity index (χ4n) is 4.70. The first-order valence-electron chi connectivity index (χ1n) is 9.81. The minimum Gasteiger partial charge on any atom is -0.342 e. The normalized spacial score (nSPS) is 18.5. The van der Waals surface area contributed by atoms with Gasteiger partial charge >= 0.3 is 0 Å². The van der Waals surface area contributed by atoms with E-state index < -0.39 is 0 Å². The average Bonchev–Trinajstić information content (AvgIpc) is 3.39. The van der Waals surface area contributed by atoms with Crippen molar-refractivity contribution in [3.05, 3.63) is 70.4 Å². The number of benzene rings is 1. The number of fused-ring (bicyclic) bond motifs is 4. The van der Waals surface area contributed by atoms with Crippen LogP contribution in [0.25, 0.3) is 5.69 Å². The van der Waals surface area contributed by atoms with E-state index in [0.29, 0.717) is 6.42 Å². The molecule has 0 saturated carbocycles. The van der Waals surface area contributed by atoms with Gasteiger partial charge in [0.1, 0.15) is 5.82 Å². The van der Waals surface area contributed by atoms with Gasteiger partial charge in [-0.25, -0.2) is 4.98 Å². The molecule has 1 spiro atoms. The van der Waals surface area contributed by atoms with Crippen LogP contribution in [0.15, 0.2) is 54.2 Å². The van der Waals surface area contributed by atoms with E-state index in [1.54, 1.807) is 11.3 Å². The second-order valence-electron chi connectivity index (χ2n) is 7.77. The molecule has 2 aromatic heterocycles. The lowest BCUT2D eigenvalue weighted by Crippen LogP contribution is -2.53. The number of carbonyl (C=O) groups excluding carboxylic acids is 1. The zero-order valence-corrected chi connectivity index (χ0v) is 16.9. The Labute approximate surface area is 169 Å². The Bertz CT molecular complexity index is 986. The third-order valence-electron chi connectivity index (χ3n) is 6.30. The molecule has 3 aromatic rings. The predicted octanol–water partition coefficient (Wildman–Crippen LogP) is 3.44. The molecular formula is C22H24N4OS. The average molecular weight is 393 g/mol. The van der Waals surface area contributed by atoms with Crippen LogP contribution < -0.4 is 0 Å². The van der Waals surface area contributed by atoms with Crippen molar-refractivity contribution in [1.82, 2.24) is 19.4 Å². The first-order valence-corrected chi connectivity index (χ1v) is 10.7. The zero-order valence-electron chi connectivity index (χ0n) is 16.0. The Morgan fingerprint density at radius 2 is 2.00 bits per heavy atom. The predicted molar refractivity (Wildman–Crippen MR) is 111 cm³/mol. The Hall–Kier alpha value is -2.44. The molecule has 2 aliphatic heterocycles. The summed E-state index contributed by atoms with van der Waals surface area (Å²) in [5.41, 5.74) is 2.40. The van der Waals surface area contributed by atoms with Crippen LogP contribution in [0.5, 0.6) is 0 Å². The van der Waals surface area contributed by atoms with Crippen molar-refractivity contribution in [2.75, 3.05) is 20.1 Å². The van der Waals surface area contributed by atoms with Crippen molar-refractivity contribution in [3.63, 3.8) is 0 Å². The third kappa shape index (κ3) is 2.79. The van der Waals surface area contributed by atoms with E-state index in [9.17, 15) is 4.79 Å². The first-order chi connectivity index (χ1) is 13.7. The van der Waals surface area contributed by atoms with Gasteiger partial charge in [-0.3, -0.25) is 9.69 Å². The smallest absolute Gasteiger partial charge is 0.227 e. The first kappa shape index (κ1) is 17.6. The van der Waals surface area contributed by atoms with E-state index in [1.165, 1.54) is 11.3 Å². The summed E-state index contributed by atoms with van der Waals surface area (Å²) < 4.78 is 2.25. The van der Waals surface area contributed by atoms with Crippen LogP contribution in [-0.4, -0.2) is 45.4 Å². The number of nitrogens with zero attached hydrogens (tertiary/aromatic N) is 4. The van der Waals surface area contributed by atoms with Gasteiger partial charge in [-0.05, 0) is 43.0 Å². The van der Waals surface area contributed by atoms with E-state index in [0.717, 1.165) is 43.2 Å². The lowest BCUT2D eigenvalue weighted by molar-refractivity contribution is -0.133. The van der Waals surface area contributed by atoms with Crippen LogP contribution in [0.2, 0.25) is 0 Å². The number of piperidine rings is 1. The molecule has 144 valence electrons. The van der Waals surface area contributed by atoms with Crippen LogP contribution in [0, 0.1) is 0 Å². The van der Waals surface area contributed by atoms with Crippen molar-refractivity contribution >= 4 is 17.2 Å². The summed E-state index contributed by atoms with van der Waals surface area (Å²) in [5, 5.41) is 2.03. The molecule has 2 aliphatic rings. The van der Waals surface area contributed by atoms with Gasteiger partial charge in [0.2, 0.25) is 5.91 Å². The highest BCUT2D eigenvalue weighted by molar-refractivity contribution is 7.10. The number of imidazole rings is 1. The molecule has 0 atom stereocenters. The molecule has 5 rings (SSSR count). The second kappa shape index (κ2) is 6.87. The van der Waals surface area contributed by atoms with E-state index in [4.69, 9.17) is 4.98 Å². The van der Waals surface area contributed by atoms with Gasteiger partial charge < -0.3 is 9.47 Å². The standard InChI is InChI=1S/C22H24N4OS/c1-24-16-17-5-2-3-7-19(17)26-13-10-23-21(26)22(24)8-11-25(12-9-22)20(27)15-18-6-4-14-28-18/h2-7,10,13-14H,8-9,11-12,15-16H2,1H3. The lowest BCUT2D eigenvalue weighted by atomic mass is 9.84. The SMILES string of the molecule is CN1Cc2ccccc2-n2ccnc2C12CCN(C(=O)Cc1cccs1)CC2. The summed E-state index contributed by atoms with van der Waals surface area (Å²) in [4.78, 5) is 23.2. The fourth-order valence-corrected chi connectivity index (χ4v) is 5.40.